The molecule has 0 radical (unpaired) electrons. The predicted octanol–water partition coefficient (Wildman–Crippen LogP) is 4.07. The summed E-state index contributed by atoms with van der Waals surface area (Å²) in [5, 5.41) is 7.94. The number of nitrogens with one attached hydrogen (secondary N) is 1. The highest BCUT2D eigenvalue weighted by molar-refractivity contribution is 7.07. The van der Waals surface area contributed by atoms with Crippen molar-refractivity contribution in [3.63, 3.8) is 0 Å². The Morgan fingerprint density at radius 3 is 2.68 bits per heavy atom. The normalized spacial score (nSPS) is 12.5. The Morgan fingerprint density at radius 2 is 2.00 bits per heavy atom. The molecule has 0 aliphatic rings. The maximum absolute atomic E-state index is 3.50. The van der Waals surface area contributed by atoms with Gasteiger partial charge in [0.05, 0.1) is 0 Å². The van der Waals surface area contributed by atoms with E-state index >= 15 is 0 Å². The van der Waals surface area contributed by atoms with Gasteiger partial charge in [0.25, 0.3) is 0 Å². The summed E-state index contributed by atoms with van der Waals surface area (Å²) in [5.74, 6) is 0.677. The van der Waals surface area contributed by atoms with Crippen LogP contribution in [0.5, 0.6) is 0 Å². The van der Waals surface area contributed by atoms with E-state index in [0.717, 1.165) is 19.5 Å². The number of aryl methyl sites for hydroxylation is 1. The van der Waals surface area contributed by atoms with E-state index in [0.29, 0.717) is 5.92 Å². The molecule has 1 nitrogen and oxygen atoms in total. The van der Waals surface area contributed by atoms with E-state index in [1.54, 1.807) is 11.3 Å². The van der Waals surface area contributed by atoms with E-state index in [2.05, 4.69) is 60.3 Å². The van der Waals surface area contributed by atoms with Gasteiger partial charge in [-0.3, -0.25) is 0 Å². The van der Waals surface area contributed by atoms with Crippen molar-refractivity contribution in [1.29, 1.82) is 0 Å². The minimum absolute atomic E-state index is 0.677. The molecule has 0 aliphatic heterocycles. The zero-order valence-corrected chi connectivity index (χ0v) is 12.7. The van der Waals surface area contributed by atoms with E-state index in [1.165, 1.54) is 23.1 Å². The van der Waals surface area contributed by atoms with Crippen molar-refractivity contribution in [1.82, 2.24) is 5.32 Å². The van der Waals surface area contributed by atoms with Crippen molar-refractivity contribution in [2.45, 2.75) is 26.7 Å². The van der Waals surface area contributed by atoms with Gasteiger partial charge in [0, 0.05) is 0 Å². The first-order valence-electron chi connectivity index (χ1n) is 7.05. The quantitative estimate of drug-likeness (QED) is 0.802. The third kappa shape index (κ3) is 4.81. The Balaban J connectivity index is 2.00. The monoisotopic (exact) mass is 273 g/mol. The van der Waals surface area contributed by atoms with E-state index in [1.807, 2.05) is 0 Å². The first-order valence-corrected chi connectivity index (χ1v) is 7.99. The molecule has 0 saturated carbocycles. The molecule has 0 saturated heterocycles. The smallest absolute Gasteiger partial charge is 0.00143 e. The van der Waals surface area contributed by atoms with Gasteiger partial charge in [0.15, 0.2) is 0 Å². The molecule has 19 heavy (non-hydrogen) atoms. The molecule has 0 spiro atoms. The van der Waals surface area contributed by atoms with Crippen LogP contribution in [0.4, 0.5) is 0 Å². The highest BCUT2D eigenvalue weighted by atomic mass is 32.1. The van der Waals surface area contributed by atoms with Crippen LogP contribution in [0.3, 0.4) is 0 Å². The summed E-state index contributed by atoms with van der Waals surface area (Å²) in [6.07, 6.45) is 2.33. The van der Waals surface area contributed by atoms with E-state index in [-0.39, 0.29) is 0 Å². The number of rotatable bonds is 7. The highest BCUT2D eigenvalue weighted by Gasteiger charge is 2.11. The number of thiophene rings is 1. The van der Waals surface area contributed by atoms with Crippen LogP contribution in [0, 0.1) is 12.8 Å². The molecular formula is C17H23NS. The molecule has 1 aromatic carbocycles. The highest BCUT2D eigenvalue weighted by Crippen LogP contribution is 2.17. The van der Waals surface area contributed by atoms with Crippen LogP contribution in [0.25, 0.3) is 0 Å². The minimum atomic E-state index is 0.677. The molecule has 0 aliphatic carbocycles. The summed E-state index contributed by atoms with van der Waals surface area (Å²) >= 11 is 1.79. The average molecular weight is 273 g/mol. The van der Waals surface area contributed by atoms with E-state index in [4.69, 9.17) is 0 Å². The van der Waals surface area contributed by atoms with Crippen molar-refractivity contribution in [2.24, 2.45) is 5.92 Å². The zero-order chi connectivity index (χ0) is 13.5. The lowest BCUT2D eigenvalue weighted by Crippen LogP contribution is -2.25. The fourth-order valence-corrected chi connectivity index (χ4v) is 3.16. The molecule has 1 heterocycles. The summed E-state index contributed by atoms with van der Waals surface area (Å²) in [6, 6.07) is 11.1. The van der Waals surface area contributed by atoms with Gasteiger partial charge in [-0.2, -0.15) is 11.3 Å². The molecular weight excluding hydrogens is 250 g/mol. The third-order valence-corrected chi connectivity index (χ3v) is 4.13. The lowest BCUT2D eigenvalue weighted by Gasteiger charge is -2.17. The summed E-state index contributed by atoms with van der Waals surface area (Å²) in [6.45, 7) is 6.49. The van der Waals surface area contributed by atoms with Crippen molar-refractivity contribution in [2.75, 3.05) is 13.1 Å². The number of hydrogen-bond acceptors (Lipinski definition) is 2. The molecule has 0 bridgehead atoms. The van der Waals surface area contributed by atoms with Gasteiger partial charge in [0.2, 0.25) is 0 Å². The summed E-state index contributed by atoms with van der Waals surface area (Å²) in [4.78, 5) is 0. The second-order valence-electron chi connectivity index (χ2n) is 5.20. The molecule has 102 valence electrons. The Hall–Kier alpha value is -1.12. The van der Waals surface area contributed by atoms with Crippen molar-refractivity contribution >= 4 is 11.3 Å². The van der Waals surface area contributed by atoms with Crippen LogP contribution in [0.1, 0.15) is 23.6 Å². The fourth-order valence-electron chi connectivity index (χ4n) is 2.48. The van der Waals surface area contributed by atoms with Crippen LogP contribution in [0.15, 0.2) is 41.1 Å². The predicted molar refractivity (Wildman–Crippen MR) is 84.9 cm³/mol. The van der Waals surface area contributed by atoms with Gasteiger partial charge < -0.3 is 5.32 Å². The molecule has 2 rings (SSSR count). The largest absolute Gasteiger partial charge is 0.317 e. The Bertz CT molecular complexity index is 476. The van der Waals surface area contributed by atoms with Crippen molar-refractivity contribution in [3.8, 4) is 0 Å². The second-order valence-corrected chi connectivity index (χ2v) is 5.98. The topological polar surface area (TPSA) is 12.0 Å². The van der Waals surface area contributed by atoms with Gasteiger partial charge in [-0.25, -0.2) is 0 Å². The standard InChI is InChI=1S/C17H23NS/c1-3-18-12-17(11-16-7-8-19-13-16)10-15-6-4-5-14(2)9-15/h4-9,13,17-18H,3,10-12H2,1-2H3. The lowest BCUT2D eigenvalue weighted by molar-refractivity contribution is 0.478. The maximum Gasteiger partial charge on any atom is -0.00143 e. The molecule has 2 heteroatoms. The fraction of sp³-hybridized carbons (Fsp3) is 0.412. The summed E-state index contributed by atoms with van der Waals surface area (Å²) in [5.41, 5.74) is 4.29. The Kier molecular flexibility index (Phi) is 5.62. The molecule has 1 aromatic heterocycles. The van der Waals surface area contributed by atoms with Gasteiger partial charge in [-0.05, 0) is 66.7 Å². The lowest BCUT2D eigenvalue weighted by atomic mass is 9.93. The average Bonchev–Trinajstić information content (AvgIpc) is 2.89. The summed E-state index contributed by atoms with van der Waals surface area (Å²) < 4.78 is 0. The number of hydrogen-bond donors (Lipinski definition) is 1. The van der Waals surface area contributed by atoms with Crippen LogP contribution in [-0.2, 0) is 12.8 Å². The SMILES string of the molecule is CCNCC(Cc1ccsc1)Cc1cccc(C)c1. The van der Waals surface area contributed by atoms with E-state index < -0.39 is 0 Å². The Morgan fingerprint density at radius 1 is 1.16 bits per heavy atom. The molecule has 1 unspecified atom stereocenters. The van der Waals surface area contributed by atoms with Crippen LogP contribution in [0.2, 0.25) is 0 Å². The molecule has 1 atom stereocenters. The third-order valence-electron chi connectivity index (χ3n) is 3.39. The first-order chi connectivity index (χ1) is 9.28. The first kappa shape index (κ1) is 14.3. The maximum atomic E-state index is 3.50. The molecule has 0 fully saturated rings. The molecule has 0 amide bonds. The Labute approximate surface area is 120 Å². The van der Waals surface area contributed by atoms with Crippen LogP contribution >= 0.6 is 11.3 Å². The minimum Gasteiger partial charge on any atom is -0.317 e. The summed E-state index contributed by atoms with van der Waals surface area (Å²) in [7, 11) is 0. The van der Waals surface area contributed by atoms with Crippen molar-refractivity contribution in [3.05, 3.63) is 57.8 Å². The van der Waals surface area contributed by atoms with Gasteiger partial charge in [-0.1, -0.05) is 36.8 Å². The number of benzene rings is 1. The van der Waals surface area contributed by atoms with Gasteiger partial charge in [0.1, 0.15) is 0 Å². The van der Waals surface area contributed by atoms with Gasteiger partial charge >= 0.3 is 0 Å². The second kappa shape index (κ2) is 7.46. The van der Waals surface area contributed by atoms with Gasteiger partial charge in [-0.15, -0.1) is 0 Å². The molecule has 2 aromatic rings. The van der Waals surface area contributed by atoms with Crippen LogP contribution < -0.4 is 5.32 Å². The van der Waals surface area contributed by atoms with E-state index in [9.17, 15) is 0 Å². The van der Waals surface area contributed by atoms with Crippen LogP contribution in [-0.4, -0.2) is 13.1 Å². The van der Waals surface area contributed by atoms with Crippen molar-refractivity contribution < 1.29 is 0 Å². The zero-order valence-electron chi connectivity index (χ0n) is 11.9. The molecule has 1 N–H and O–H groups in total.